The Hall–Kier alpha value is -2.26. The number of esters is 1. The van der Waals surface area contributed by atoms with Crippen LogP contribution in [0.25, 0.3) is 11.4 Å². The maximum absolute atomic E-state index is 13.0. The summed E-state index contributed by atoms with van der Waals surface area (Å²) < 4.78 is 11.3. The molecule has 0 N–H and O–H groups in total. The van der Waals surface area contributed by atoms with Crippen LogP contribution in [0.5, 0.6) is 0 Å². The summed E-state index contributed by atoms with van der Waals surface area (Å²) in [7, 11) is 1.42. The van der Waals surface area contributed by atoms with Gasteiger partial charge >= 0.3 is 5.97 Å². The Bertz CT molecular complexity index is 926. The average Bonchev–Trinajstić information content (AvgIpc) is 3.27. The molecule has 0 bridgehead atoms. The van der Waals surface area contributed by atoms with E-state index in [0.717, 1.165) is 29.4 Å². The molecule has 2 aliphatic heterocycles. The predicted molar refractivity (Wildman–Crippen MR) is 117 cm³/mol. The number of likely N-dealkylation sites (tertiary alicyclic amines) is 2. The molecule has 31 heavy (non-hydrogen) atoms. The lowest BCUT2D eigenvalue weighted by molar-refractivity contribution is -0.150. The minimum Gasteiger partial charge on any atom is -0.469 e. The molecule has 8 nitrogen and oxygen atoms in total. The highest BCUT2D eigenvalue weighted by Crippen LogP contribution is 2.25. The van der Waals surface area contributed by atoms with Crippen LogP contribution in [0.4, 0.5) is 0 Å². The lowest BCUT2D eigenvalue weighted by Crippen LogP contribution is -2.47. The second-order valence-corrected chi connectivity index (χ2v) is 9.13. The van der Waals surface area contributed by atoms with E-state index in [1.165, 1.54) is 7.11 Å². The van der Waals surface area contributed by atoms with Crippen LogP contribution in [0, 0.1) is 11.8 Å². The maximum atomic E-state index is 13.0. The van der Waals surface area contributed by atoms with Gasteiger partial charge in [-0.15, -0.1) is 0 Å². The number of rotatable bonds is 5. The zero-order chi connectivity index (χ0) is 21.8. The number of hydrogen-bond donors (Lipinski definition) is 0. The van der Waals surface area contributed by atoms with Crippen LogP contribution >= 0.6 is 15.9 Å². The Balaban J connectivity index is 1.32. The van der Waals surface area contributed by atoms with Crippen molar-refractivity contribution in [3.63, 3.8) is 0 Å². The summed E-state index contributed by atoms with van der Waals surface area (Å²) >= 11 is 3.46. The number of carbonyl (C=O) groups is 2. The van der Waals surface area contributed by atoms with Crippen molar-refractivity contribution in [3.8, 4) is 11.4 Å². The van der Waals surface area contributed by atoms with E-state index in [4.69, 9.17) is 9.26 Å². The first kappa shape index (κ1) is 22.0. The number of amides is 1. The molecule has 1 aromatic carbocycles. The second kappa shape index (κ2) is 9.91. The number of carbonyl (C=O) groups excluding carboxylic acids is 2. The van der Waals surface area contributed by atoms with Gasteiger partial charge in [0.25, 0.3) is 0 Å². The molecule has 0 radical (unpaired) electrons. The molecule has 1 aromatic heterocycles. The second-order valence-electron chi connectivity index (χ2n) is 8.22. The molecule has 3 heterocycles. The smallest absolute Gasteiger partial charge is 0.308 e. The fraction of sp³-hybridized carbons (Fsp3) is 0.545. The van der Waals surface area contributed by atoms with E-state index in [2.05, 4.69) is 31.0 Å². The Kier molecular flexibility index (Phi) is 7.02. The molecule has 1 amide bonds. The standard InChI is InChI=1S/C22H27BrN4O4/c1-30-22(29)15-7-10-27(11-8-15)21(28)17-5-3-9-26(13-17)14-19-24-20(25-31-19)16-4-2-6-18(23)12-16/h2,4,6,12,15,17H,3,5,7-11,13-14H2,1H3. The maximum Gasteiger partial charge on any atom is 0.308 e. The van der Waals surface area contributed by atoms with Crippen LogP contribution in [-0.4, -0.2) is 65.1 Å². The van der Waals surface area contributed by atoms with Gasteiger partial charge in [-0.25, -0.2) is 0 Å². The van der Waals surface area contributed by atoms with Crippen molar-refractivity contribution >= 4 is 27.8 Å². The Morgan fingerprint density at radius 3 is 2.74 bits per heavy atom. The molecule has 2 saturated heterocycles. The molecular formula is C22H27BrN4O4. The van der Waals surface area contributed by atoms with E-state index in [1.807, 2.05) is 29.2 Å². The van der Waals surface area contributed by atoms with Gasteiger partial charge in [0.2, 0.25) is 17.6 Å². The third kappa shape index (κ3) is 5.33. The van der Waals surface area contributed by atoms with Gasteiger partial charge in [0.1, 0.15) is 0 Å². The normalized spacial score (nSPS) is 20.6. The van der Waals surface area contributed by atoms with Crippen LogP contribution in [-0.2, 0) is 20.9 Å². The molecular weight excluding hydrogens is 464 g/mol. The van der Waals surface area contributed by atoms with Crippen LogP contribution in [0.2, 0.25) is 0 Å². The van der Waals surface area contributed by atoms with E-state index in [9.17, 15) is 9.59 Å². The van der Waals surface area contributed by atoms with Crippen molar-refractivity contribution in [1.29, 1.82) is 0 Å². The third-order valence-electron chi connectivity index (χ3n) is 6.11. The predicted octanol–water partition coefficient (Wildman–Crippen LogP) is 3.12. The first-order valence-electron chi connectivity index (χ1n) is 10.7. The number of piperidine rings is 2. The summed E-state index contributed by atoms with van der Waals surface area (Å²) in [6.07, 6.45) is 3.20. The molecule has 0 spiro atoms. The minimum absolute atomic E-state index is 0.0316. The zero-order valence-corrected chi connectivity index (χ0v) is 19.2. The summed E-state index contributed by atoms with van der Waals surface area (Å²) in [5, 5.41) is 4.10. The fourth-order valence-electron chi connectivity index (χ4n) is 4.42. The average molecular weight is 491 g/mol. The number of benzene rings is 1. The molecule has 9 heteroatoms. The van der Waals surface area contributed by atoms with E-state index in [0.29, 0.717) is 50.7 Å². The SMILES string of the molecule is COC(=O)C1CCN(C(=O)C2CCCN(Cc3nc(-c4cccc(Br)c4)no3)C2)CC1. The number of nitrogens with zero attached hydrogens (tertiary/aromatic N) is 4. The lowest BCUT2D eigenvalue weighted by atomic mass is 9.93. The fourth-order valence-corrected chi connectivity index (χ4v) is 4.82. The summed E-state index contributed by atoms with van der Waals surface area (Å²) in [5.74, 6) is 1.02. The van der Waals surface area contributed by atoms with Crippen molar-refractivity contribution in [3.05, 3.63) is 34.6 Å². The van der Waals surface area contributed by atoms with Crippen LogP contribution in [0.1, 0.15) is 31.6 Å². The molecule has 2 fully saturated rings. The van der Waals surface area contributed by atoms with Gasteiger partial charge in [0.15, 0.2) is 0 Å². The first-order chi connectivity index (χ1) is 15.0. The first-order valence-corrected chi connectivity index (χ1v) is 11.5. The van der Waals surface area contributed by atoms with Crippen molar-refractivity contribution in [2.75, 3.05) is 33.3 Å². The minimum atomic E-state index is -0.169. The monoisotopic (exact) mass is 490 g/mol. The summed E-state index contributed by atoms with van der Waals surface area (Å²) in [6.45, 7) is 3.37. The van der Waals surface area contributed by atoms with Gasteiger partial charge < -0.3 is 14.2 Å². The topological polar surface area (TPSA) is 88.8 Å². The van der Waals surface area contributed by atoms with Crippen LogP contribution in [0.3, 0.4) is 0 Å². The van der Waals surface area contributed by atoms with E-state index >= 15 is 0 Å². The van der Waals surface area contributed by atoms with Gasteiger partial charge in [0, 0.05) is 29.7 Å². The van der Waals surface area contributed by atoms with Crippen molar-refractivity contribution in [1.82, 2.24) is 19.9 Å². The highest BCUT2D eigenvalue weighted by atomic mass is 79.9. The van der Waals surface area contributed by atoms with Gasteiger partial charge in [0.05, 0.1) is 25.5 Å². The van der Waals surface area contributed by atoms with Gasteiger partial charge in [-0.1, -0.05) is 33.2 Å². The molecule has 0 aliphatic carbocycles. The Morgan fingerprint density at radius 2 is 2.00 bits per heavy atom. The third-order valence-corrected chi connectivity index (χ3v) is 6.60. The quantitative estimate of drug-likeness (QED) is 0.594. The number of halogens is 1. The van der Waals surface area contributed by atoms with Gasteiger partial charge in [-0.05, 0) is 44.4 Å². The molecule has 1 atom stereocenters. The van der Waals surface area contributed by atoms with Crippen molar-refractivity contribution in [2.24, 2.45) is 11.8 Å². The molecule has 4 rings (SSSR count). The number of hydrogen-bond acceptors (Lipinski definition) is 7. The number of ether oxygens (including phenoxy) is 1. The number of aromatic nitrogens is 2. The van der Waals surface area contributed by atoms with Crippen LogP contribution < -0.4 is 0 Å². The summed E-state index contributed by atoms with van der Waals surface area (Å²) in [4.78, 5) is 33.4. The molecule has 1 unspecified atom stereocenters. The highest BCUT2D eigenvalue weighted by molar-refractivity contribution is 9.10. The van der Waals surface area contributed by atoms with E-state index in [-0.39, 0.29) is 23.7 Å². The molecule has 2 aliphatic rings. The van der Waals surface area contributed by atoms with Crippen LogP contribution in [0.15, 0.2) is 33.3 Å². The van der Waals surface area contributed by atoms with Crippen molar-refractivity contribution < 1.29 is 18.8 Å². The Labute approximate surface area is 190 Å². The largest absolute Gasteiger partial charge is 0.469 e. The summed E-state index contributed by atoms with van der Waals surface area (Å²) in [5.41, 5.74) is 0.895. The summed E-state index contributed by atoms with van der Waals surface area (Å²) in [6, 6.07) is 7.78. The highest BCUT2D eigenvalue weighted by Gasteiger charge is 2.33. The van der Waals surface area contributed by atoms with Gasteiger partial charge in [-0.3, -0.25) is 14.5 Å². The molecule has 166 valence electrons. The molecule has 2 aromatic rings. The zero-order valence-electron chi connectivity index (χ0n) is 17.6. The Morgan fingerprint density at radius 1 is 1.19 bits per heavy atom. The van der Waals surface area contributed by atoms with E-state index < -0.39 is 0 Å². The van der Waals surface area contributed by atoms with Crippen molar-refractivity contribution in [2.45, 2.75) is 32.2 Å². The number of methoxy groups -OCH3 is 1. The van der Waals surface area contributed by atoms with Gasteiger partial charge in [-0.2, -0.15) is 4.98 Å². The van der Waals surface area contributed by atoms with E-state index in [1.54, 1.807) is 0 Å². The lowest BCUT2D eigenvalue weighted by Gasteiger charge is -2.37. The molecule has 0 saturated carbocycles.